The minimum Gasteiger partial charge on any atom is -0.434 e. The summed E-state index contributed by atoms with van der Waals surface area (Å²) in [7, 11) is 0. The van der Waals surface area contributed by atoms with Gasteiger partial charge in [-0.25, -0.2) is 0 Å². The molecule has 9 heteroatoms. The van der Waals surface area contributed by atoms with E-state index in [1.54, 1.807) is 29.2 Å². The van der Waals surface area contributed by atoms with Crippen LogP contribution in [0.4, 0.5) is 8.78 Å². The highest BCUT2D eigenvalue weighted by molar-refractivity contribution is 6.35. The zero-order chi connectivity index (χ0) is 21.7. The number of benzene rings is 2. The normalized spacial score (nSPS) is 14.2. The highest BCUT2D eigenvalue weighted by Gasteiger charge is 2.26. The van der Waals surface area contributed by atoms with Gasteiger partial charge in [-0.05, 0) is 36.2 Å². The summed E-state index contributed by atoms with van der Waals surface area (Å²) in [4.78, 5) is 28.5. The Balaban J connectivity index is 1.54. The highest BCUT2D eigenvalue weighted by Crippen LogP contribution is 2.24. The Hall–Kier alpha value is -2.38. The molecule has 2 aromatic rings. The van der Waals surface area contributed by atoms with Crippen LogP contribution in [0, 0.1) is 0 Å². The summed E-state index contributed by atoms with van der Waals surface area (Å²) in [5, 5.41) is 1.06. The lowest BCUT2D eigenvalue weighted by atomic mass is 10.1. The van der Waals surface area contributed by atoms with E-state index < -0.39 is 12.5 Å². The monoisotopic (exact) mass is 456 g/mol. The van der Waals surface area contributed by atoms with Gasteiger partial charge in [0.25, 0.3) is 5.91 Å². The van der Waals surface area contributed by atoms with Crippen molar-refractivity contribution in [3.63, 3.8) is 0 Å². The second-order valence-corrected chi connectivity index (χ2v) is 7.63. The van der Waals surface area contributed by atoms with E-state index in [1.807, 2.05) is 0 Å². The summed E-state index contributed by atoms with van der Waals surface area (Å²) in [5.41, 5.74) is 0.925. The number of rotatable bonds is 6. The molecule has 1 fully saturated rings. The number of halogens is 4. The molecule has 0 aliphatic carbocycles. The molecule has 1 aliphatic rings. The van der Waals surface area contributed by atoms with Crippen molar-refractivity contribution < 1.29 is 23.1 Å². The van der Waals surface area contributed by atoms with E-state index in [1.165, 1.54) is 23.1 Å². The molecule has 2 amide bonds. The van der Waals surface area contributed by atoms with Gasteiger partial charge in [0, 0.05) is 42.6 Å². The zero-order valence-electron chi connectivity index (χ0n) is 16.0. The van der Waals surface area contributed by atoms with Crippen LogP contribution in [0.5, 0.6) is 5.75 Å². The number of alkyl halides is 2. The summed E-state index contributed by atoms with van der Waals surface area (Å²) in [6.45, 7) is -1.64. The van der Waals surface area contributed by atoms with E-state index in [-0.39, 0.29) is 17.2 Å². The minimum absolute atomic E-state index is 0.0328. The molecule has 0 bridgehead atoms. The van der Waals surface area contributed by atoms with E-state index in [0.717, 1.165) is 5.56 Å². The molecule has 0 atom stereocenters. The molecule has 160 valence electrons. The fourth-order valence-electron chi connectivity index (χ4n) is 3.30. The molecular formula is C21H20Cl2F2N2O3. The average Bonchev–Trinajstić information content (AvgIpc) is 2.72. The van der Waals surface area contributed by atoms with Gasteiger partial charge in [0.2, 0.25) is 5.91 Å². The topological polar surface area (TPSA) is 49.9 Å². The maximum atomic E-state index is 12.7. The Labute approximate surface area is 183 Å². The van der Waals surface area contributed by atoms with Gasteiger partial charge in [0.15, 0.2) is 0 Å². The standard InChI is InChI=1S/C21H20Cl2F2N2O3/c22-15-7-5-14(17(23)13-15)6-8-19(28)26-9-11-27(12-10-26)20(29)16-3-1-2-4-18(16)30-21(24)25/h1-5,7,13,21H,6,8-12H2. The van der Waals surface area contributed by atoms with Crippen molar-refractivity contribution in [3.8, 4) is 5.75 Å². The maximum Gasteiger partial charge on any atom is 0.387 e. The van der Waals surface area contributed by atoms with Crippen LogP contribution in [0.15, 0.2) is 42.5 Å². The first-order chi connectivity index (χ1) is 14.3. The predicted molar refractivity (Wildman–Crippen MR) is 110 cm³/mol. The summed E-state index contributed by atoms with van der Waals surface area (Å²) in [5.74, 6) is -0.586. The molecule has 0 unspecified atom stereocenters. The number of amides is 2. The van der Waals surface area contributed by atoms with Crippen LogP contribution >= 0.6 is 23.2 Å². The van der Waals surface area contributed by atoms with Crippen molar-refractivity contribution in [2.24, 2.45) is 0 Å². The van der Waals surface area contributed by atoms with Crippen LogP contribution < -0.4 is 4.74 Å². The number of carbonyl (C=O) groups is 2. The smallest absolute Gasteiger partial charge is 0.387 e. The van der Waals surface area contributed by atoms with Gasteiger partial charge in [0.1, 0.15) is 5.75 Å². The molecule has 0 aromatic heterocycles. The summed E-state index contributed by atoms with van der Waals surface area (Å²) in [6.07, 6.45) is 0.784. The second-order valence-electron chi connectivity index (χ2n) is 6.78. The van der Waals surface area contributed by atoms with Gasteiger partial charge in [0.05, 0.1) is 5.56 Å². The SMILES string of the molecule is O=C(CCc1ccc(Cl)cc1Cl)N1CCN(C(=O)c2ccccc2OC(F)F)CC1. The van der Waals surface area contributed by atoms with Crippen molar-refractivity contribution in [1.29, 1.82) is 0 Å². The molecule has 1 aliphatic heterocycles. The van der Waals surface area contributed by atoms with Crippen molar-refractivity contribution in [1.82, 2.24) is 9.80 Å². The molecular weight excluding hydrogens is 437 g/mol. The lowest BCUT2D eigenvalue weighted by Crippen LogP contribution is -2.50. The average molecular weight is 457 g/mol. The van der Waals surface area contributed by atoms with Gasteiger partial charge < -0.3 is 14.5 Å². The summed E-state index contributed by atoms with van der Waals surface area (Å²) >= 11 is 12.0. The Bertz CT molecular complexity index is 919. The fourth-order valence-corrected chi connectivity index (χ4v) is 3.80. The maximum absolute atomic E-state index is 12.7. The zero-order valence-corrected chi connectivity index (χ0v) is 17.5. The number of para-hydroxylation sites is 1. The minimum atomic E-state index is -3.01. The third-order valence-corrected chi connectivity index (χ3v) is 5.46. The second kappa shape index (κ2) is 10.1. The van der Waals surface area contributed by atoms with Gasteiger partial charge >= 0.3 is 6.61 Å². The van der Waals surface area contributed by atoms with Crippen molar-refractivity contribution in [2.75, 3.05) is 26.2 Å². The molecule has 3 rings (SSSR count). The fraction of sp³-hybridized carbons (Fsp3) is 0.333. The van der Waals surface area contributed by atoms with E-state index in [2.05, 4.69) is 4.74 Å². The summed E-state index contributed by atoms with van der Waals surface area (Å²) in [6, 6.07) is 11.1. The quantitative estimate of drug-likeness (QED) is 0.642. The first-order valence-corrected chi connectivity index (χ1v) is 10.2. The van der Waals surface area contributed by atoms with E-state index in [0.29, 0.717) is 49.1 Å². The molecule has 1 heterocycles. The number of hydrogen-bond donors (Lipinski definition) is 0. The third-order valence-electron chi connectivity index (χ3n) is 4.88. The van der Waals surface area contributed by atoms with Crippen LogP contribution in [0.3, 0.4) is 0 Å². The van der Waals surface area contributed by atoms with E-state index >= 15 is 0 Å². The lowest BCUT2D eigenvalue weighted by molar-refractivity contribution is -0.132. The van der Waals surface area contributed by atoms with E-state index in [9.17, 15) is 18.4 Å². The first-order valence-electron chi connectivity index (χ1n) is 9.40. The van der Waals surface area contributed by atoms with Crippen molar-refractivity contribution >= 4 is 35.0 Å². The predicted octanol–water partition coefficient (Wildman–Crippen LogP) is 4.51. The van der Waals surface area contributed by atoms with Crippen LogP contribution in [0.25, 0.3) is 0 Å². The van der Waals surface area contributed by atoms with Gasteiger partial charge in [-0.1, -0.05) is 41.4 Å². The Kier molecular flexibility index (Phi) is 7.50. The van der Waals surface area contributed by atoms with Crippen LogP contribution in [-0.2, 0) is 11.2 Å². The third kappa shape index (κ3) is 5.61. The number of carbonyl (C=O) groups excluding carboxylic acids is 2. The molecule has 0 radical (unpaired) electrons. The highest BCUT2D eigenvalue weighted by atomic mass is 35.5. The molecule has 1 saturated heterocycles. The van der Waals surface area contributed by atoms with Gasteiger partial charge in [-0.3, -0.25) is 9.59 Å². The van der Waals surface area contributed by atoms with Crippen molar-refractivity contribution in [3.05, 3.63) is 63.6 Å². The Morgan fingerprint density at radius 3 is 2.33 bits per heavy atom. The molecule has 0 spiro atoms. The van der Waals surface area contributed by atoms with Crippen LogP contribution in [-0.4, -0.2) is 54.4 Å². The molecule has 30 heavy (non-hydrogen) atoms. The number of aryl methyl sites for hydroxylation is 1. The van der Waals surface area contributed by atoms with Gasteiger partial charge in [-0.15, -0.1) is 0 Å². The molecule has 0 N–H and O–H groups in total. The van der Waals surface area contributed by atoms with Crippen molar-refractivity contribution in [2.45, 2.75) is 19.5 Å². The summed E-state index contributed by atoms with van der Waals surface area (Å²) < 4.78 is 29.6. The van der Waals surface area contributed by atoms with Crippen LogP contribution in [0.2, 0.25) is 10.0 Å². The largest absolute Gasteiger partial charge is 0.434 e. The number of nitrogens with zero attached hydrogens (tertiary/aromatic N) is 2. The number of hydrogen-bond acceptors (Lipinski definition) is 3. The molecule has 0 saturated carbocycles. The number of ether oxygens (including phenoxy) is 1. The first kappa shape index (κ1) is 22.3. The molecule has 2 aromatic carbocycles. The van der Waals surface area contributed by atoms with Crippen LogP contribution in [0.1, 0.15) is 22.3 Å². The Morgan fingerprint density at radius 2 is 1.67 bits per heavy atom. The number of piperazine rings is 1. The van der Waals surface area contributed by atoms with E-state index in [4.69, 9.17) is 23.2 Å². The Morgan fingerprint density at radius 1 is 1.00 bits per heavy atom. The lowest BCUT2D eigenvalue weighted by Gasteiger charge is -2.35. The van der Waals surface area contributed by atoms with Gasteiger partial charge in [-0.2, -0.15) is 8.78 Å². The molecule has 5 nitrogen and oxygen atoms in total.